The Morgan fingerprint density at radius 1 is 1.30 bits per heavy atom. The minimum Gasteiger partial charge on any atom is -0.497 e. The van der Waals surface area contributed by atoms with Gasteiger partial charge in [0.25, 0.3) is 0 Å². The lowest BCUT2D eigenvalue weighted by Crippen LogP contribution is -2.30. The minimum absolute atomic E-state index is 0.0452. The second kappa shape index (κ2) is 8.49. The third-order valence-corrected chi connectivity index (χ3v) is 4.63. The summed E-state index contributed by atoms with van der Waals surface area (Å²) in [6, 6.07) is 15.2. The van der Waals surface area contributed by atoms with E-state index in [4.69, 9.17) is 4.74 Å². The van der Waals surface area contributed by atoms with Crippen LogP contribution in [0.4, 0.5) is 5.69 Å². The van der Waals surface area contributed by atoms with Gasteiger partial charge in [-0.25, -0.2) is 5.43 Å². The number of rotatable bonds is 6. The number of methoxy groups -OCH3 is 1. The van der Waals surface area contributed by atoms with Gasteiger partial charge in [-0.05, 0) is 41.8 Å². The quantitative estimate of drug-likeness (QED) is 0.632. The van der Waals surface area contributed by atoms with Gasteiger partial charge in [-0.3, -0.25) is 9.59 Å². The van der Waals surface area contributed by atoms with Gasteiger partial charge in [0.2, 0.25) is 11.8 Å². The van der Waals surface area contributed by atoms with Gasteiger partial charge in [-0.2, -0.15) is 5.10 Å². The Bertz CT molecular complexity index is 846. The van der Waals surface area contributed by atoms with Crippen molar-refractivity contribution in [1.29, 1.82) is 0 Å². The summed E-state index contributed by atoms with van der Waals surface area (Å²) in [6.07, 6.45) is 2.69. The van der Waals surface area contributed by atoms with Crippen LogP contribution in [-0.4, -0.2) is 31.7 Å². The molecule has 1 atom stereocenters. The van der Waals surface area contributed by atoms with Crippen molar-refractivity contribution in [2.24, 2.45) is 11.0 Å². The van der Waals surface area contributed by atoms with Gasteiger partial charge in [-0.15, -0.1) is 0 Å². The molecule has 6 nitrogen and oxygen atoms in total. The van der Waals surface area contributed by atoms with Gasteiger partial charge in [0.15, 0.2) is 0 Å². The Kier molecular flexibility index (Phi) is 5.86. The first-order chi connectivity index (χ1) is 13.1. The Labute approximate surface area is 158 Å². The highest BCUT2D eigenvalue weighted by atomic mass is 16.5. The van der Waals surface area contributed by atoms with Crippen LogP contribution in [0.3, 0.4) is 0 Å². The molecule has 6 heteroatoms. The van der Waals surface area contributed by atoms with Gasteiger partial charge in [0.1, 0.15) is 5.75 Å². The van der Waals surface area contributed by atoms with E-state index in [9.17, 15) is 9.59 Å². The summed E-state index contributed by atoms with van der Waals surface area (Å²) in [5.41, 5.74) is 5.39. The second-order valence-corrected chi connectivity index (χ2v) is 6.44. The van der Waals surface area contributed by atoms with Crippen molar-refractivity contribution in [3.05, 3.63) is 59.7 Å². The van der Waals surface area contributed by atoms with Gasteiger partial charge in [0.05, 0.1) is 19.2 Å². The zero-order valence-electron chi connectivity index (χ0n) is 15.5. The van der Waals surface area contributed by atoms with Crippen molar-refractivity contribution in [2.75, 3.05) is 18.6 Å². The molecule has 1 heterocycles. The van der Waals surface area contributed by atoms with E-state index < -0.39 is 5.92 Å². The highest BCUT2D eigenvalue weighted by Crippen LogP contribution is 2.25. The van der Waals surface area contributed by atoms with Crippen LogP contribution in [-0.2, 0) is 16.0 Å². The minimum atomic E-state index is -0.411. The molecule has 1 aliphatic heterocycles. The summed E-state index contributed by atoms with van der Waals surface area (Å²) in [5.74, 6) is 0.00792. The average molecular weight is 365 g/mol. The molecule has 3 rings (SSSR count). The van der Waals surface area contributed by atoms with Gasteiger partial charge in [0, 0.05) is 18.7 Å². The standard InChI is InChI=1S/C21H23N3O3/c1-3-15-7-9-18(10-8-15)24-14-17(12-20(24)25)21(26)23-22-13-16-5-4-6-19(11-16)27-2/h4-11,13,17H,3,12,14H2,1-2H3,(H,23,26)/b22-13+. The fraction of sp³-hybridized carbons (Fsp3) is 0.286. The van der Waals surface area contributed by atoms with Gasteiger partial charge >= 0.3 is 0 Å². The number of nitrogens with one attached hydrogen (secondary N) is 1. The van der Waals surface area contributed by atoms with E-state index in [-0.39, 0.29) is 18.2 Å². The number of aryl methyl sites for hydroxylation is 1. The summed E-state index contributed by atoms with van der Waals surface area (Å²) in [7, 11) is 1.59. The number of ether oxygens (including phenoxy) is 1. The number of hydrazone groups is 1. The smallest absolute Gasteiger partial charge is 0.245 e. The number of anilines is 1. The first-order valence-corrected chi connectivity index (χ1v) is 8.97. The third-order valence-electron chi connectivity index (χ3n) is 4.63. The highest BCUT2D eigenvalue weighted by molar-refractivity contribution is 6.00. The number of hydrogen-bond donors (Lipinski definition) is 1. The average Bonchev–Trinajstić information content (AvgIpc) is 3.10. The van der Waals surface area contributed by atoms with Crippen LogP contribution in [0.2, 0.25) is 0 Å². The SMILES string of the molecule is CCc1ccc(N2CC(C(=O)N/N=C/c3cccc(OC)c3)CC2=O)cc1. The van der Waals surface area contributed by atoms with E-state index in [0.29, 0.717) is 6.54 Å². The number of hydrogen-bond acceptors (Lipinski definition) is 4. The molecule has 1 unspecified atom stereocenters. The van der Waals surface area contributed by atoms with Crippen molar-refractivity contribution in [3.63, 3.8) is 0 Å². The molecule has 1 fully saturated rings. The lowest BCUT2D eigenvalue weighted by atomic mass is 10.1. The van der Waals surface area contributed by atoms with E-state index in [2.05, 4.69) is 17.5 Å². The first kappa shape index (κ1) is 18.6. The molecule has 0 bridgehead atoms. The van der Waals surface area contributed by atoms with Crippen LogP contribution in [0.25, 0.3) is 0 Å². The Morgan fingerprint density at radius 3 is 2.78 bits per heavy atom. The monoisotopic (exact) mass is 365 g/mol. The molecular formula is C21H23N3O3. The maximum Gasteiger partial charge on any atom is 0.245 e. The largest absolute Gasteiger partial charge is 0.497 e. The van der Waals surface area contributed by atoms with Crippen LogP contribution in [0.1, 0.15) is 24.5 Å². The van der Waals surface area contributed by atoms with Crippen molar-refractivity contribution in [3.8, 4) is 5.75 Å². The van der Waals surface area contributed by atoms with Gasteiger partial charge < -0.3 is 9.64 Å². The van der Waals surface area contributed by atoms with E-state index in [0.717, 1.165) is 23.4 Å². The van der Waals surface area contributed by atoms with Crippen LogP contribution in [0.5, 0.6) is 5.75 Å². The normalized spacial score (nSPS) is 16.7. The van der Waals surface area contributed by atoms with Crippen molar-refractivity contribution in [2.45, 2.75) is 19.8 Å². The highest BCUT2D eigenvalue weighted by Gasteiger charge is 2.35. The zero-order chi connectivity index (χ0) is 19.2. The van der Waals surface area contributed by atoms with Crippen molar-refractivity contribution in [1.82, 2.24) is 5.43 Å². The molecule has 2 aromatic rings. The molecule has 0 radical (unpaired) electrons. The Morgan fingerprint density at radius 2 is 2.07 bits per heavy atom. The van der Waals surface area contributed by atoms with Crippen molar-refractivity contribution < 1.29 is 14.3 Å². The Hall–Kier alpha value is -3.15. The van der Waals surface area contributed by atoms with Crippen LogP contribution >= 0.6 is 0 Å². The second-order valence-electron chi connectivity index (χ2n) is 6.44. The number of nitrogens with zero attached hydrogens (tertiary/aromatic N) is 2. The molecule has 0 aromatic heterocycles. The molecule has 27 heavy (non-hydrogen) atoms. The Balaban J connectivity index is 1.59. The summed E-state index contributed by atoms with van der Waals surface area (Å²) < 4.78 is 5.15. The molecular weight excluding hydrogens is 342 g/mol. The number of amides is 2. The fourth-order valence-corrected chi connectivity index (χ4v) is 3.03. The van der Waals surface area contributed by atoms with Crippen LogP contribution in [0, 0.1) is 5.92 Å². The molecule has 2 amide bonds. The summed E-state index contributed by atoms with van der Waals surface area (Å²) in [4.78, 5) is 26.3. The predicted molar refractivity (Wildman–Crippen MR) is 105 cm³/mol. The van der Waals surface area contributed by atoms with E-state index in [1.165, 1.54) is 5.56 Å². The molecule has 0 aliphatic carbocycles. The molecule has 1 saturated heterocycles. The molecule has 140 valence electrons. The molecule has 0 spiro atoms. The predicted octanol–water partition coefficient (Wildman–Crippen LogP) is 2.76. The molecule has 2 aromatic carbocycles. The maximum absolute atomic E-state index is 12.4. The summed E-state index contributed by atoms with van der Waals surface area (Å²) in [5, 5.41) is 4.00. The maximum atomic E-state index is 12.4. The zero-order valence-corrected chi connectivity index (χ0v) is 15.5. The molecule has 1 aliphatic rings. The number of carbonyl (C=O) groups excluding carboxylic acids is 2. The lowest BCUT2D eigenvalue weighted by molar-refractivity contribution is -0.126. The topological polar surface area (TPSA) is 71.0 Å². The third kappa shape index (κ3) is 4.53. The van der Waals surface area contributed by atoms with Crippen LogP contribution in [0.15, 0.2) is 53.6 Å². The summed E-state index contributed by atoms with van der Waals surface area (Å²) in [6.45, 7) is 2.45. The number of carbonyl (C=O) groups is 2. The van der Waals surface area contributed by atoms with E-state index in [1.807, 2.05) is 48.5 Å². The lowest BCUT2D eigenvalue weighted by Gasteiger charge is -2.16. The first-order valence-electron chi connectivity index (χ1n) is 8.97. The number of benzene rings is 2. The van der Waals surface area contributed by atoms with Gasteiger partial charge in [-0.1, -0.05) is 31.2 Å². The van der Waals surface area contributed by atoms with E-state index in [1.54, 1.807) is 18.2 Å². The molecule has 0 saturated carbocycles. The fourth-order valence-electron chi connectivity index (χ4n) is 3.03. The summed E-state index contributed by atoms with van der Waals surface area (Å²) >= 11 is 0. The van der Waals surface area contributed by atoms with Crippen molar-refractivity contribution >= 4 is 23.7 Å². The van der Waals surface area contributed by atoms with E-state index >= 15 is 0 Å². The molecule has 1 N–H and O–H groups in total. The van der Waals surface area contributed by atoms with Crippen LogP contribution < -0.4 is 15.1 Å².